The first-order valence-corrected chi connectivity index (χ1v) is 9.37. The highest BCUT2D eigenvalue weighted by Crippen LogP contribution is 2.31. The second-order valence-corrected chi connectivity index (χ2v) is 7.48. The van der Waals surface area contributed by atoms with Crippen molar-refractivity contribution in [1.82, 2.24) is 19.8 Å². The number of hydrogen-bond acceptors (Lipinski definition) is 6. The van der Waals surface area contributed by atoms with E-state index in [9.17, 15) is 4.79 Å². The fourth-order valence-corrected chi connectivity index (χ4v) is 3.89. The number of nitrogens with zero attached hydrogens (tertiary/aromatic N) is 4. The molecule has 27 heavy (non-hydrogen) atoms. The van der Waals surface area contributed by atoms with Gasteiger partial charge in [-0.2, -0.15) is 0 Å². The lowest BCUT2D eigenvalue weighted by Gasteiger charge is -2.38. The Morgan fingerprint density at radius 2 is 1.93 bits per heavy atom. The van der Waals surface area contributed by atoms with Crippen LogP contribution in [0.1, 0.15) is 24.0 Å². The molecule has 0 bridgehead atoms. The monoisotopic (exact) mass is 367 g/mol. The number of aromatic nitrogens is 2. The SMILES string of the molecule is CN1C[C@@]2(CCCN(Cc3cnc(NCc4ccccc4)nc3)C2)OC1=O. The second-order valence-electron chi connectivity index (χ2n) is 7.48. The average Bonchev–Trinajstić information content (AvgIpc) is 2.95. The molecule has 142 valence electrons. The van der Waals surface area contributed by atoms with Gasteiger partial charge in [0, 0.05) is 44.6 Å². The van der Waals surface area contributed by atoms with E-state index in [2.05, 4.69) is 32.3 Å². The van der Waals surface area contributed by atoms with Gasteiger partial charge in [0.15, 0.2) is 0 Å². The molecule has 1 spiro atoms. The van der Waals surface area contributed by atoms with Gasteiger partial charge in [-0.1, -0.05) is 30.3 Å². The Morgan fingerprint density at radius 1 is 1.15 bits per heavy atom. The van der Waals surface area contributed by atoms with Crippen LogP contribution in [0.25, 0.3) is 0 Å². The summed E-state index contributed by atoms with van der Waals surface area (Å²) < 4.78 is 5.67. The zero-order chi connectivity index (χ0) is 18.7. The Bertz CT molecular complexity index is 783. The molecule has 7 heteroatoms. The van der Waals surface area contributed by atoms with Crippen LogP contribution in [0, 0.1) is 0 Å². The van der Waals surface area contributed by atoms with Crippen LogP contribution in [0.3, 0.4) is 0 Å². The van der Waals surface area contributed by atoms with Gasteiger partial charge in [-0.15, -0.1) is 0 Å². The molecule has 3 heterocycles. The van der Waals surface area contributed by atoms with Gasteiger partial charge in [0.1, 0.15) is 5.60 Å². The second kappa shape index (κ2) is 7.52. The lowest BCUT2D eigenvalue weighted by Crippen LogP contribution is -2.50. The van der Waals surface area contributed by atoms with Gasteiger partial charge in [0.2, 0.25) is 5.95 Å². The maximum Gasteiger partial charge on any atom is 0.410 e. The van der Waals surface area contributed by atoms with Crippen molar-refractivity contribution in [3.8, 4) is 0 Å². The number of amides is 1. The van der Waals surface area contributed by atoms with Gasteiger partial charge < -0.3 is 15.0 Å². The molecular formula is C20H25N5O2. The summed E-state index contributed by atoms with van der Waals surface area (Å²) in [6, 6.07) is 10.2. The number of carbonyl (C=O) groups is 1. The van der Waals surface area contributed by atoms with Gasteiger partial charge in [-0.3, -0.25) is 4.90 Å². The molecule has 1 N–H and O–H groups in total. The van der Waals surface area contributed by atoms with E-state index in [1.165, 1.54) is 5.56 Å². The van der Waals surface area contributed by atoms with Crippen molar-refractivity contribution in [3.05, 3.63) is 53.9 Å². The molecule has 2 aliphatic rings. The van der Waals surface area contributed by atoms with Gasteiger partial charge in [0.25, 0.3) is 0 Å². The zero-order valence-corrected chi connectivity index (χ0v) is 15.6. The molecule has 2 saturated heterocycles. The first-order chi connectivity index (χ1) is 13.1. The summed E-state index contributed by atoms with van der Waals surface area (Å²) in [7, 11) is 1.80. The number of anilines is 1. The molecule has 0 aliphatic carbocycles. The molecule has 1 aromatic heterocycles. The Kier molecular flexibility index (Phi) is 4.94. The molecule has 0 unspecified atom stereocenters. The first kappa shape index (κ1) is 17.7. The number of piperidine rings is 1. The van der Waals surface area contributed by atoms with E-state index in [4.69, 9.17) is 4.74 Å². The van der Waals surface area contributed by atoms with E-state index >= 15 is 0 Å². The average molecular weight is 367 g/mol. The molecule has 7 nitrogen and oxygen atoms in total. The van der Waals surface area contributed by atoms with Gasteiger partial charge in [-0.05, 0) is 24.9 Å². The van der Waals surface area contributed by atoms with Crippen molar-refractivity contribution in [3.63, 3.8) is 0 Å². The highest BCUT2D eigenvalue weighted by molar-refractivity contribution is 5.70. The fraction of sp³-hybridized carbons (Fsp3) is 0.450. The standard InChI is InChI=1S/C20H25N5O2/c1-24-14-20(27-19(24)26)8-5-9-25(15-20)13-17-11-22-18(23-12-17)21-10-16-6-3-2-4-7-16/h2-4,6-7,11-12H,5,8-10,13-15H2,1H3,(H,21,22,23)/t20-/m1/s1. The predicted molar refractivity (Wildman–Crippen MR) is 102 cm³/mol. The van der Waals surface area contributed by atoms with Crippen molar-refractivity contribution >= 4 is 12.0 Å². The third kappa shape index (κ3) is 4.19. The number of carbonyl (C=O) groups excluding carboxylic acids is 1. The van der Waals surface area contributed by atoms with Crippen molar-refractivity contribution in [2.75, 3.05) is 32.0 Å². The maximum atomic E-state index is 11.8. The largest absolute Gasteiger partial charge is 0.440 e. The van der Waals surface area contributed by atoms with E-state index in [0.717, 1.165) is 38.0 Å². The van der Waals surface area contributed by atoms with Crippen molar-refractivity contribution in [2.24, 2.45) is 0 Å². The molecule has 0 saturated carbocycles. The summed E-state index contributed by atoms with van der Waals surface area (Å²) in [6.45, 7) is 3.89. The Morgan fingerprint density at radius 3 is 2.63 bits per heavy atom. The predicted octanol–water partition coefficient (Wildman–Crippen LogP) is 2.51. The Balaban J connectivity index is 1.32. The Hall–Kier alpha value is -2.67. The van der Waals surface area contributed by atoms with Crippen LogP contribution < -0.4 is 5.32 Å². The third-order valence-corrected chi connectivity index (χ3v) is 5.16. The molecule has 4 rings (SSSR count). The minimum Gasteiger partial charge on any atom is -0.440 e. The molecule has 1 atom stereocenters. The Labute approximate surface area is 159 Å². The number of likely N-dealkylation sites (tertiary alicyclic amines) is 1. The van der Waals surface area contributed by atoms with E-state index < -0.39 is 0 Å². The van der Waals surface area contributed by atoms with E-state index in [-0.39, 0.29) is 11.7 Å². The van der Waals surface area contributed by atoms with Gasteiger partial charge >= 0.3 is 6.09 Å². The summed E-state index contributed by atoms with van der Waals surface area (Å²) in [5.74, 6) is 0.629. The number of benzene rings is 1. The summed E-state index contributed by atoms with van der Waals surface area (Å²) >= 11 is 0. The maximum absolute atomic E-state index is 11.8. The fourth-order valence-electron chi connectivity index (χ4n) is 3.89. The zero-order valence-electron chi connectivity index (χ0n) is 15.6. The molecule has 1 aromatic carbocycles. The number of nitrogens with one attached hydrogen (secondary N) is 1. The number of rotatable bonds is 5. The summed E-state index contributed by atoms with van der Waals surface area (Å²) in [6.07, 6.45) is 5.48. The molecule has 1 amide bonds. The van der Waals surface area contributed by atoms with Crippen LogP contribution >= 0.6 is 0 Å². The summed E-state index contributed by atoms with van der Waals surface area (Å²) in [5, 5.41) is 3.24. The number of likely N-dealkylation sites (N-methyl/N-ethyl adjacent to an activating group) is 1. The van der Waals surface area contributed by atoms with Crippen molar-refractivity contribution < 1.29 is 9.53 Å². The lowest BCUT2D eigenvalue weighted by atomic mass is 9.92. The number of ether oxygens (including phenoxy) is 1. The van der Waals surface area contributed by atoms with Crippen LogP contribution in [-0.2, 0) is 17.8 Å². The van der Waals surface area contributed by atoms with Crippen LogP contribution in [-0.4, -0.2) is 58.1 Å². The normalized spacial score (nSPS) is 22.9. The molecular weight excluding hydrogens is 342 g/mol. The minimum absolute atomic E-state index is 0.214. The molecule has 2 aliphatic heterocycles. The summed E-state index contributed by atoms with van der Waals surface area (Å²) in [5.41, 5.74) is 1.90. The highest BCUT2D eigenvalue weighted by Gasteiger charge is 2.46. The van der Waals surface area contributed by atoms with E-state index in [0.29, 0.717) is 19.0 Å². The molecule has 0 radical (unpaired) electrons. The highest BCUT2D eigenvalue weighted by atomic mass is 16.6. The number of hydrogen-bond donors (Lipinski definition) is 1. The summed E-state index contributed by atoms with van der Waals surface area (Å²) in [4.78, 5) is 24.6. The van der Waals surface area contributed by atoms with Crippen LogP contribution in [0.2, 0.25) is 0 Å². The van der Waals surface area contributed by atoms with Crippen molar-refractivity contribution in [1.29, 1.82) is 0 Å². The van der Waals surface area contributed by atoms with E-state index in [1.54, 1.807) is 11.9 Å². The molecule has 2 aromatic rings. The van der Waals surface area contributed by atoms with Gasteiger partial charge in [-0.25, -0.2) is 14.8 Å². The van der Waals surface area contributed by atoms with Gasteiger partial charge in [0.05, 0.1) is 6.54 Å². The smallest absolute Gasteiger partial charge is 0.410 e. The quantitative estimate of drug-likeness (QED) is 0.876. The molecule has 2 fully saturated rings. The van der Waals surface area contributed by atoms with Crippen LogP contribution in [0.4, 0.5) is 10.7 Å². The minimum atomic E-state index is -0.359. The van der Waals surface area contributed by atoms with Crippen LogP contribution in [0.5, 0.6) is 0 Å². The lowest BCUT2D eigenvalue weighted by molar-refractivity contribution is -0.0114. The van der Waals surface area contributed by atoms with E-state index in [1.807, 2.05) is 30.6 Å². The third-order valence-electron chi connectivity index (χ3n) is 5.16. The van der Waals surface area contributed by atoms with Crippen LogP contribution in [0.15, 0.2) is 42.7 Å². The van der Waals surface area contributed by atoms with Crippen molar-refractivity contribution in [2.45, 2.75) is 31.5 Å². The topological polar surface area (TPSA) is 70.6 Å². The first-order valence-electron chi connectivity index (χ1n) is 9.37.